The molecule has 0 aliphatic heterocycles. The lowest BCUT2D eigenvalue weighted by Crippen LogP contribution is -2.45. The summed E-state index contributed by atoms with van der Waals surface area (Å²) in [6, 6.07) is 0. The lowest BCUT2D eigenvalue weighted by molar-refractivity contribution is -0.0545. The molecule has 0 radical (unpaired) electrons. The number of rotatable bonds is 1. The number of hydrogen-bond donors (Lipinski definition) is 0. The van der Waals surface area contributed by atoms with Crippen molar-refractivity contribution in [3.8, 4) is 0 Å². The molecule has 23 fully saturated rings. The molecule has 4 atom stereocenters. The van der Waals surface area contributed by atoms with E-state index >= 15 is 0 Å². The second-order valence-corrected chi connectivity index (χ2v) is 42.8. The Kier molecular flexibility index (Phi) is 24.2. The Morgan fingerprint density at radius 3 is 0.923 bits per heavy atom. The molecule has 0 amide bonds. The molecule has 0 heterocycles. The van der Waals surface area contributed by atoms with Gasteiger partial charge in [0.2, 0.25) is 0 Å². The van der Waals surface area contributed by atoms with Crippen LogP contribution in [0.2, 0.25) is 0 Å². The van der Waals surface area contributed by atoms with Gasteiger partial charge in [-0.3, -0.25) is 0 Å². The van der Waals surface area contributed by atoms with Gasteiger partial charge in [-0.15, -0.1) is 0 Å². The van der Waals surface area contributed by atoms with Gasteiger partial charge in [-0.2, -0.15) is 0 Å². The highest BCUT2D eigenvalue weighted by molar-refractivity contribution is 5.03. The lowest BCUT2D eigenvalue weighted by atomic mass is 9.49. The van der Waals surface area contributed by atoms with Crippen molar-refractivity contribution in [2.75, 3.05) is 0 Å². The van der Waals surface area contributed by atoms with E-state index in [1.54, 1.807) is 128 Å². The van der Waals surface area contributed by atoms with Crippen LogP contribution in [0.4, 0.5) is 0 Å². The zero-order valence-electron chi connectivity index (χ0n) is 64.5. The average Bonchev–Trinajstić information content (AvgIpc) is 1.93. The van der Waals surface area contributed by atoms with Gasteiger partial charge in [-0.1, -0.05) is 174 Å². The molecule has 526 valence electrons. The highest BCUT2D eigenvalue weighted by Gasteiger charge is 2.52. The van der Waals surface area contributed by atoms with Crippen molar-refractivity contribution in [2.45, 2.75) is 424 Å². The zero-order chi connectivity index (χ0) is 64.5. The van der Waals surface area contributed by atoms with Crippen LogP contribution in [-0.4, -0.2) is 0 Å². The van der Waals surface area contributed by atoms with Gasteiger partial charge in [0.25, 0.3) is 0 Å². The summed E-state index contributed by atoms with van der Waals surface area (Å²) in [6.07, 6.45) is 78.5. The summed E-state index contributed by atoms with van der Waals surface area (Å²) < 4.78 is 0. The van der Waals surface area contributed by atoms with E-state index in [9.17, 15) is 0 Å². The summed E-state index contributed by atoms with van der Waals surface area (Å²) in [7, 11) is 0. The highest BCUT2D eigenvalue weighted by Crippen LogP contribution is 2.63. The Bertz CT molecular complexity index is 2030. The van der Waals surface area contributed by atoms with Gasteiger partial charge >= 0.3 is 0 Å². The molecule has 0 saturated heterocycles. The Morgan fingerprint density at radius 2 is 0.637 bits per heavy atom. The van der Waals surface area contributed by atoms with Gasteiger partial charge in [0.05, 0.1) is 0 Å². The maximum absolute atomic E-state index is 2.54. The predicted octanol–water partition coefficient (Wildman–Crippen LogP) is 29.3. The van der Waals surface area contributed by atoms with Crippen molar-refractivity contribution in [3.63, 3.8) is 0 Å². The highest BCUT2D eigenvalue weighted by atomic mass is 14.6. The maximum atomic E-state index is 2.54. The van der Waals surface area contributed by atoms with Gasteiger partial charge in [-0.25, -0.2) is 0 Å². The molecule has 0 aromatic carbocycles. The van der Waals surface area contributed by atoms with E-state index < -0.39 is 0 Å². The maximum Gasteiger partial charge on any atom is -0.0292 e. The topological polar surface area (TPSA) is 0 Å². The molecule has 14 bridgehead atoms. The van der Waals surface area contributed by atoms with E-state index in [-0.39, 0.29) is 0 Å². The minimum atomic E-state index is 0.647. The quantitative estimate of drug-likeness (QED) is 0.245. The van der Waals surface area contributed by atoms with E-state index in [2.05, 4.69) is 96.9 Å². The Balaban J connectivity index is 0.000000107. The van der Waals surface area contributed by atoms with Gasteiger partial charge in [0, 0.05) is 0 Å². The third-order valence-electron chi connectivity index (χ3n) is 35.5. The SMILES string of the molecule is CC12CC3CC(CC(C3)C1)C2.CC1C2CCC(CC2)[C@H]1C.CC1CCC2(CC1)CCC(C)(C)CC2.CC1CCC2(CCCC2)CC1.CC1CCC2(CCCCC2)CC1.CCC12CC3CC(CC(C3)C1)C2.C[C@@H]1C2CCC(CC2)C1(C)C.C[C@H]1CC2CCC1(C)CC2. The average molecular weight is 1260 g/mol. The van der Waals surface area contributed by atoms with Crippen molar-refractivity contribution >= 4 is 0 Å². The van der Waals surface area contributed by atoms with E-state index in [1.165, 1.54) is 199 Å². The molecule has 0 aromatic rings. The molecule has 91 heavy (non-hydrogen) atoms. The van der Waals surface area contributed by atoms with Crippen LogP contribution in [0.1, 0.15) is 424 Å². The van der Waals surface area contributed by atoms with E-state index in [0.717, 1.165) is 139 Å². The zero-order valence-corrected chi connectivity index (χ0v) is 64.5. The first-order valence-electron chi connectivity index (χ1n) is 43.3. The minimum Gasteiger partial charge on any atom is -0.0649 e. The number of fused-ring (bicyclic) bond motifs is 9. The molecule has 1 unspecified atom stereocenters. The molecule has 23 rings (SSSR count). The van der Waals surface area contributed by atoms with Gasteiger partial charge in [0.15, 0.2) is 0 Å². The molecule has 0 N–H and O–H groups in total. The van der Waals surface area contributed by atoms with Gasteiger partial charge in [-0.05, 0) is 400 Å². The first kappa shape index (κ1) is 72.3. The number of hydrogen-bond acceptors (Lipinski definition) is 0. The summed E-state index contributed by atoms with van der Waals surface area (Å²) in [5.74, 6) is 19.4. The third kappa shape index (κ3) is 18.1. The second kappa shape index (κ2) is 30.5. The molecule has 0 nitrogen and oxygen atoms in total. The fourth-order valence-corrected chi connectivity index (χ4v) is 28.0. The lowest BCUT2D eigenvalue weighted by Gasteiger charge is -2.56. The van der Waals surface area contributed by atoms with Crippen molar-refractivity contribution in [1.29, 1.82) is 0 Å². The molecule has 0 aromatic heterocycles. The summed E-state index contributed by atoms with van der Waals surface area (Å²) in [6.45, 7) is 34.4. The summed E-state index contributed by atoms with van der Waals surface area (Å²) in [4.78, 5) is 0. The van der Waals surface area contributed by atoms with E-state index in [1.807, 2.05) is 0 Å². The Hall–Kier alpha value is 0. The van der Waals surface area contributed by atoms with Gasteiger partial charge < -0.3 is 0 Å². The van der Waals surface area contributed by atoms with Crippen LogP contribution >= 0.6 is 0 Å². The normalized spacial score (nSPS) is 45.6. The van der Waals surface area contributed by atoms with Crippen molar-refractivity contribution < 1.29 is 0 Å². The first-order chi connectivity index (χ1) is 43.3. The molecule has 3 spiro atoms. The summed E-state index contributed by atoms with van der Waals surface area (Å²) >= 11 is 0. The first-order valence-corrected chi connectivity index (χ1v) is 43.3. The minimum absolute atomic E-state index is 0.647. The van der Waals surface area contributed by atoms with E-state index in [4.69, 9.17) is 0 Å². The van der Waals surface area contributed by atoms with Crippen LogP contribution in [0, 0.1) is 150 Å². The van der Waals surface area contributed by atoms with Crippen LogP contribution in [0.15, 0.2) is 0 Å². The fraction of sp³-hybridized carbons (Fsp3) is 1.00. The molecule has 23 saturated carbocycles. The van der Waals surface area contributed by atoms with Crippen molar-refractivity contribution in [3.05, 3.63) is 0 Å². The fourth-order valence-electron chi connectivity index (χ4n) is 28.0. The standard InChI is InChI=1S/C14H26.C12H20.C12H22.C11H18.2C11H20.2C10H18/c1-12-4-6-14(7-5-12)10-8-13(2,3)9-11-14;1-2-12-6-9-3-10(7-12)5-11(4-9)8-12;1-11-5-9-12(10-6-11)7-3-2-4-8-12;1-11-5-8-2-9(6-11)4-10(3-8)7-11;1-8-9-4-6-10(7-5-9)11(8,2)3;1-10-4-8-11(9-5-10)6-2-3-7-11;1-8-7-9-3-5-10(8,2)6-4-9;1-7-8(2)10-5-3-9(7)4-6-10/h12H,4-11H2,1-3H3;9-11H,2-8H2,1H3;11H,2-10H2,1H3;8-10H,2-7H2,1H3;8-10H,4-7H2,1-3H3;10H,2-9H2,1H3;8-9H,3-7H2,1-2H3;7-10H,3-6H2,1-2H3/t;;;;8-,9?,10?;;8-,9?,10?;7-,8?,9?,10?/m....1.00/s1. The van der Waals surface area contributed by atoms with Crippen LogP contribution in [0.5, 0.6) is 0 Å². The molecule has 23 aliphatic rings. The van der Waals surface area contributed by atoms with Crippen LogP contribution in [-0.2, 0) is 0 Å². The van der Waals surface area contributed by atoms with E-state index in [0.29, 0.717) is 10.8 Å². The Labute approximate surface area is 571 Å². The van der Waals surface area contributed by atoms with Crippen LogP contribution in [0.25, 0.3) is 0 Å². The monoisotopic (exact) mass is 1260 g/mol. The van der Waals surface area contributed by atoms with Gasteiger partial charge in [0.1, 0.15) is 0 Å². The molecule has 23 aliphatic carbocycles. The second-order valence-electron chi connectivity index (χ2n) is 42.8. The third-order valence-corrected chi connectivity index (χ3v) is 35.5. The van der Waals surface area contributed by atoms with Crippen molar-refractivity contribution in [1.82, 2.24) is 0 Å². The van der Waals surface area contributed by atoms with Crippen molar-refractivity contribution in [2.24, 2.45) is 150 Å². The van der Waals surface area contributed by atoms with Crippen LogP contribution in [0.3, 0.4) is 0 Å². The molecule has 0 heteroatoms. The predicted molar refractivity (Wildman–Crippen MR) is 397 cm³/mol. The summed E-state index contributed by atoms with van der Waals surface area (Å²) in [5.41, 5.74) is 6.17. The summed E-state index contributed by atoms with van der Waals surface area (Å²) in [5, 5.41) is 0. The molecular weight excluding hydrogens is 1090 g/mol. The Morgan fingerprint density at radius 1 is 0.297 bits per heavy atom. The molecular formula is C91H162. The van der Waals surface area contributed by atoms with Crippen LogP contribution < -0.4 is 0 Å². The largest absolute Gasteiger partial charge is 0.0649 e. The smallest absolute Gasteiger partial charge is 0.0292 e.